The first-order valence-electron chi connectivity index (χ1n) is 7.47. The Morgan fingerprint density at radius 3 is 3.00 bits per heavy atom. The van der Waals surface area contributed by atoms with Gasteiger partial charge in [0.25, 0.3) is 0 Å². The number of likely N-dealkylation sites (tertiary alicyclic amines) is 1. The standard InChI is InChI=1S/C16H22FNO2/c1-2-20-15-5-4-13(10-14(15)17)11-18-8-3-6-16(18)7-9-19-12-16/h4-5,10H,2-3,6-9,11-12H2,1H3. The van der Waals surface area contributed by atoms with Crippen LogP contribution in [0.15, 0.2) is 18.2 Å². The second-order valence-corrected chi connectivity index (χ2v) is 5.75. The minimum Gasteiger partial charge on any atom is -0.491 e. The van der Waals surface area contributed by atoms with Gasteiger partial charge >= 0.3 is 0 Å². The SMILES string of the molecule is CCOc1ccc(CN2CCCC23CCOC3)cc1F. The molecule has 2 aliphatic rings. The molecule has 1 atom stereocenters. The van der Waals surface area contributed by atoms with Crippen molar-refractivity contribution in [2.45, 2.75) is 38.3 Å². The number of hydrogen-bond acceptors (Lipinski definition) is 3. The summed E-state index contributed by atoms with van der Waals surface area (Å²) in [5.41, 5.74) is 1.22. The number of rotatable bonds is 4. The Balaban J connectivity index is 1.72. The first-order valence-corrected chi connectivity index (χ1v) is 7.47. The molecule has 0 N–H and O–H groups in total. The van der Waals surface area contributed by atoms with Gasteiger partial charge < -0.3 is 9.47 Å². The van der Waals surface area contributed by atoms with E-state index in [9.17, 15) is 4.39 Å². The topological polar surface area (TPSA) is 21.7 Å². The molecule has 0 bridgehead atoms. The van der Waals surface area contributed by atoms with Gasteiger partial charge in [0.15, 0.2) is 11.6 Å². The van der Waals surface area contributed by atoms with E-state index >= 15 is 0 Å². The van der Waals surface area contributed by atoms with Gasteiger partial charge in [-0.3, -0.25) is 4.90 Å². The number of hydrogen-bond donors (Lipinski definition) is 0. The predicted molar refractivity (Wildman–Crippen MR) is 75.4 cm³/mol. The quantitative estimate of drug-likeness (QED) is 0.845. The zero-order valence-corrected chi connectivity index (χ0v) is 12.0. The van der Waals surface area contributed by atoms with E-state index in [2.05, 4.69) is 4.90 Å². The van der Waals surface area contributed by atoms with Crippen molar-refractivity contribution >= 4 is 0 Å². The van der Waals surface area contributed by atoms with Gasteiger partial charge in [-0.05, 0) is 50.4 Å². The average molecular weight is 279 g/mol. The molecule has 2 fully saturated rings. The van der Waals surface area contributed by atoms with Crippen molar-refractivity contribution in [3.05, 3.63) is 29.6 Å². The average Bonchev–Trinajstić information content (AvgIpc) is 3.05. The van der Waals surface area contributed by atoms with E-state index in [4.69, 9.17) is 9.47 Å². The van der Waals surface area contributed by atoms with Gasteiger partial charge in [0.2, 0.25) is 0 Å². The molecule has 2 aliphatic heterocycles. The molecular weight excluding hydrogens is 257 g/mol. The number of ether oxygens (including phenoxy) is 2. The molecule has 2 heterocycles. The van der Waals surface area contributed by atoms with E-state index in [1.54, 1.807) is 12.1 Å². The van der Waals surface area contributed by atoms with E-state index in [-0.39, 0.29) is 11.4 Å². The summed E-state index contributed by atoms with van der Waals surface area (Å²) in [6.45, 7) is 5.91. The Morgan fingerprint density at radius 1 is 1.40 bits per heavy atom. The van der Waals surface area contributed by atoms with Crippen molar-refractivity contribution in [3.8, 4) is 5.75 Å². The Hall–Kier alpha value is -1.13. The van der Waals surface area contributed by atoms with Crippen molar-refractivity contribution in [2.75, 3.05) is 26.4 Å². The highest BCUT2D eigenvalue weighted by molar-refractivity contribution is 5.29. The van der Waals surface area contributed by atoms with Crippen LogP contribution in [-0.4, -0.2) is 36.8 Å². The predicted octanol–water partition coefficient (Wildman–Crippen LogP) is 2.98. The maximum absolute atomic E-state index is 13.9. The maximum Gasteiger partial charge on any atom is 0.165 e. The summed E-state index contributed by atoms with van der Waals surface area (Å²) < 4.78 is 24.7. The van der Waals surface area contributed by atoms with E-state index < -0.39 is 0 Å². The summed E-state index contributed by atoms with van der Waals surface area (Å²) in [7, 11) is 0. The molecular formula is C16H22FNO2. The fourth-order valence-electron chi connectivity index (χ4n) is 3.42. The summed E-state index contributed by atoms with van der Waals surface area (Å²) in [6, 6.07) is 5.31. The lowest BCUT2D eigenvalue weighted by Crippen LogP contribution is -2.43. The van der Waals surface area contributed by atoms with E-state index in [1.165, 1.54) is 12.8 Å². The van der Waals surface area contributed by atoms with Gasteiger partial charge in [0.05, 0.1) is 13.2 Å². The second kappa shape index (κ2) is 5.70. The Morgan fingerprint density at radius 2 is 2.30 bits per heavy atom. The van der Waals surface area contributed by atoms with Gasteiger partial charge in [0, 0.05) is 18.7 Å². The molecule has 2 saturated heterocycles. The van der Waals surface area contributed by atoms with Crippen molar-refractivity contribution in [1.82, 2.24) is 4.90 Å². The van der Waals surface area contributed by atoms with Crippen LogP contribution in [0.4, 0.5) is 4.39 Å². The minimum absolute atomic E-state index is 0.203. The van der Waals surface area contributed by atoms with Crippen LogP contribution in [-0.2, 0) is 11.3 Å². The van der Waals surface area contributed by atoms with E-state index in [0.29, 0.717) is 12.4 Å². The summed E-state index contributed by atoms with van der Waals surface area (Å²) in [5.74, 6) is 0.0804. The zero-order chi connectivity index (χ0) is 14.0. The van der Waals surface area contributed by atoms with Crippen LogP contribution < -0.4 is 4.74 Å². The monoisotopic (exact) mass is 279 g/mol. The lowest BCUT2D eigenvalue weighted by molar-refractivity contribution is 0.0960. The fraction of sp³-hybridized carbons (Fsp3) is 0.625. The molecule has 3 nitrogen and oxygen atoms in total. The zero-order valence-electron chi connectivity index (χ0n) is 12.0. The third-order valence-corrected chi connectivity index (χ3v) is 4.49. The van der Waals surface area contributed by atoms with Crippen molar-refractivity contribution in [3.63, 3.8) is 0 Å². The number of benzene rings is 1. The normalized spacial score (nSPS) is 26.5. The molecule has 1 unspecified atom stereocenters. The van der Waals surface area contributed by atoms with Crippen LogP contribution in [0.2, 0.25) is 0 Å². The lowest BCUT2D eigenvalue weighted by atomic mass is 9.95. The summed E-state index contributed by atoms with van der Waals surface area (Å²) >= 11 is 0. The Kier molecular flexibility index (Phi) is 3.94. The molecule has 4 heteroatoms. The van der Waals surface area contributed by atoms with E-state index in [1.807, 2.05) is 13.0 Å². The summed E-state index contributed by atoms with van der Waals surface area (Å²) in [4.78, 5) is 2.47. The summed E-state index contributed by atoms with van der Waals surface area (Å²) in [6.07, 6.45) is 3.52. The van der Waals surface area contributed by atoms with Crippen LogP contribution in [0.3, 0.4) is 0 Å². The smallest absolute Gasteiger partial charge is 0.165 e. The van der Waals surface area contributed by atoms with E-state index in [0.717, 1.165) is 38.3 Å². The maximum atomic E-state index is 13.9. The molecule has 0 aromatic heterocycles. The summed E-state index contributed by atoms with van der Waals surface area (Å²) in [5, 5.41) is 0. The van der Waals surface area contributed by atoms with Crippen molar-refractivity contribution in [2.24, 2.45) is 0 Å². The highest BCUT2D eigenvalue weighted by Gasteiger charge is 2.43. The molecule has 0 aliphatic carbocycles. The van der Waals surface area contributed by atoms with Gasteiger partial charge in [-0.2, -0.15) is 0 Å². The molecule has 20 heavy (non-hydrogen) atoms. The van der Waals surface area contributed by atoms with Crippen molar-refractivity contribution < 1.29 is 13.9 Å². The molecule has 1 spiro atoms. The Labute approximate surface area is 119 Å². The third-order valence-electron chi connectivity index (χ3n) is 4.49. The molecule has 0 saturated carbocycles. The van der Waals surface area contributed by atoms with Gasteiger partial charge in [-0.15, -0.1) is 0 Å². The largest absolute Gasteiger partial charge is 0.491 e. The molecule has 0 radical (unpaired) electrons. The van der Waals surface area contributed by atoms with Crippen LogP contribution >= 0.6 is 0 Å². The molecule has 110 valence electrons. The van der Waals surface area contributed by atoms with Gasteiger partial charge in [-0.25, -0.2) is 4.39 Å². The minimum atomic E-state index is -0.264. The molecule has 1 aromatic carbocycles. The highest BCUT2D eigenvalue weighted by atomic mass is 19.1. The van der Waals surface area contributed by atoms with Crippen LogP contribution in [0.1, 0.15) is 31.7 Å². The van der Waals surface area contributed by atoms with Crippen LogP contribution in [0, 0.1) is 5.82 Å². The lowest BCUT2D eigenvalue weighted by Gasteiger charge is -2.33. The first-order chi connectivity index (χ1) is 9.73. The Bertz CT molecular complexity index is 466. The molecule has 0 amide bonds. The molecule has 1 aromatic rings. The molecule has 3 rings (SSSR count). The first kappa shape index (κ1) is 13.8. The second-order valence-electron chi connectivity index (χ2n) is 5.75. The van der Waals surface area contributed by atoms with Crippen LogP contribution in [0.5, 0.6) is 5.75 Å². The van der Waals surface area contributed by atoms with Crippen molar-refractivity contribution in [1.29, 1.82) is 0 Å². The van der Waals surface area contributed by atoms with Gasteiger partial charge in [0.1, 0.15) is 0 Å². The van der Waals surface area contributed by atoms with Gasteiger partial charge in [-0.1, -0.05) is 6.07 Å². The fourth-order valence-corrected chi connectivity index (χ4v) is 3.42. The van der Waals surface area contributed by atoms with Crippen LogP contribution in [0.25, 0.3) is 0 Å². The third kappa shape index (κ3) is 2.54. The highest BCUT2D eigenvalue weighted by Crippen LogP contribution is 2.37. The number of halogens is 1. The number of nitrogens with zero attached hydrogens (tertiary/aromatic N) is 1.